The molecule has 0 unspecified atom stereocenters. The van der Waals surface area contributed by atoms with Crippen LogP contribution in [0.15, 0.2) is 5.16 Å². The second-order valence-electron chi connectivity index (χ2n) is 4.67. The number of esters is 3. The maximum Gasteiger partial charge on any atom is 0.328 e. The van der Waals surface area contributed by atoms with Crippen molar-refractivity contribution in [2.24, 2.45) is 5.16 Å². The van der Waals surface area contributed by atoms with Crippen molar-refractivity contribution < 1.29 is 45.9 Å². The lowest BCUT2D eigenvalue weighted by atomic mass is 10.3. The number of carbonyl (C=O) groups excluding carboxylic acids is 3. The van der Waals surface area contributed by atoms with Gasteiger partial charge in [-0.25, -0.2) is 16.8 Å². The van der Waals surface area contributed by atoms with Crippen molar-refractivity contribution in [1.29, 1.82) is 0 Å². The van der Waals surface area contributed by atoms with E-state index in [0.717, 1.165) is 0 Å². The van der Waals surface area contributed by atoms with Gasteiger partial charge < -0.3 is 14.7 Å². The minimum absolute atomic E-state index is 0.289. The predicted molar refractivity (Wildman–Crippen MR) is 84.3 cm³/mol. The first-order valence-corrected chi connectivity index (χ1v) is 10.6. The van der Waals surface area contributed by atoms with Gasteiger partial charge in [-0.1, -0.05) is 19.0 Å². The van der Waals surface area contributed by atoms with E-state index in [1.54, 1.807) is 0 Å². The Bertz CT molecular complexity index is 736. The van der Waals surface area contributed by atoms with Crippen LogP contribution in [0.1, 0.15) is 26.7 Å². The maximum absolute atomic E-state index is 11.4. The zero-order chi connectivity index (χ0) is 19.7. The number of carbonyl (C=O) groups is 3. The highest BCUT2D eigenvalue weighted by Gasteiger charge is 2.21. The van der Waals surface area contributed by atoms with Gasteiger partial charge in [-0.3, -0.25) is 14.4 Å². The van der Waals surface area contributed by atoms with Gasteiger partial charge in [0.25, 0.3) is 0 Å². The summed E-state index contributed by atoms with van der Waals surface area (Å²) >= 11 is 0. The van der Waals surface area contributed by atoms with Crippen LogP contribution in [0, 0.1) is 0 Å². The topological polar surface area (TPSA) is 171 Å². The Balaban J connectivity index is 4.46. The van der Waals surface area contributed by atoms with Crippen molar-refractivity contribution in [3.63, 3.8) is 0 Å². The van der Waals surface area contributed by atoms with Gasteiger partial charge in [0.05, 0.1) is 6.42 Å². The van der Waals surface area contributed by atoms with E-state index in [9.17, 15) is 31.2 Å². The van der Waals surface area contributed by atoms with E-state index in [1.165, 1.54) is 13.8 Å². The maximum atomic E-state index is 11.4. The molecule has 0 saturated carbocycles. The first-order valence-electron chi connectivity index (χ1n) is 7.00. The monoisotopic (exact) mass is 401 g/mol. The summed E-state index contributed by atoms with van der Waals surface area (Å²) in [5.41, 5.74) is 0. The Labute approximate surface area is 144 Å². The largest absolute Gasteiger partial charge is 0.408 e. The normalized spacial score (nSPS) is 12.5. The summed E-state index contributed by atoms with van der Waals surface area (Å²) in [5.74, 6) is -6.72. The molecule has 0 radical (unpaired) electrons. The Morgan fingerprint density at radius 2 is 1.24 bits per heavy atom. The van der Waals surface area contributed by atoms with Crippen molar-refractivity contribution in [3.05, 3.63) is 0 Å². The summed E-state index contributed by atoms with van der Waals surface area (Å²) in [5, 5.41) is 11.3. The molecule has 0 spiro atoms. The summed E-state index contributed by atoms with van der Waals surface area (Å²) in [4.78, 5) is 34.0. The average molecular weight is 401 g/mol. The molecule has 0 saturated heterocycles. The van der Waals surface area contributed by atoms with Gasteiger partial charge in [-0.15, -0.1) is 0 Å². The molecule has 25 heavy (non-hydrogen) atoms. The highest BCUT2D eigenvalue weighted by atomic mass is 32.2. The smallest absolute Gasteiger partial charge is 0.328 e. The number of nitrogens with zero attached hydrogens (tertiary/aromatic N) is 1. The average Bonchev–Trinajstić information content (AvgIpc) is 2.50. The molecule has 0 aliphatic carbocycles. The van der Waals surface area contributed by atoms with E-state index in [1.807, 2.05) is 0 Å². The third kappa shape index (κ3) is 10.4. The molecule has 0 aromatic carbocycles. The molecule has 0 bridgehead atoms. The molecule has 1 N–H and O–H groups in total. The van der Waals surface area contributed by atoms with Gasteiger partial charge in [0.1, 0.15) is 11.5 Å². The van der Waals surface area contributed by atoms with Crippen LogP contribution in [0.25, 0.3) is 0 Å². The van der Waals surface area contributed by atoms with E-state index in [-0.39, 0.29) is 11.5 Å². The zero-order valence-electron chi connectivity index (χ0n) is 13.6. The predicted octanol–water partition coefficient (Wildman–Crippen LogP) is -0.963. The first kappa shape index (κ1) is 23.0. The summed E-state index contributed by atoms with van der Waals surface area (Å²) in [6.07, 6.45) is -1.04. The van der Waals surface area contributed by atoms with Crippen LogP contribution in [0.2, 0.25) is 0 Å². The summed E-state index contributed by atoms with van der Waals surface area (Å²) in [6, 6.07) is 0. The number of hydrogen-bond acceptors (Lipinski definition) is 11. The summed E-state index contributed by atoms with van der Waals surface area (Å²) in [6.45, 7) is 2.65. The highest BCUT2D eigenvalue weighted by molar-refractivity contribution is 7.92. The Hall–Kier alpha value is -2.02. The van der Waals surface area contributed by atoms with Crippen LogP contribution in [-0.4, -0.2) is 68.9 Å². The second kappa shape index (κ2) is 10.1. The molecule has 0 fully saturated rings. The van der Waals surface area contributed by atoms with Crippen LogP contribution in [0.3, 0.4) is 0 Å². The van der Waals surface area contributed by atoms with Crippen LogP contribution >= 0.6 is 0 Å². The van der Waals surface area contributed by atoms with Crippen molar-refractivity contribution in [3.8, 4) is 0 Å². The molecular formula is C12H19NO10S2. The van der Waals surface area contributed by atoms with Gasteiger partial charge in [-0.05, 0) is 0 Å². The first-order chi connectivity index (χ1) is 11.4. The summed E-state index contributed by atoms with van der Waals surface area (Å²) < 4.78 is 53.6. The molecule has 0 amide bonds. The van der Waals surface area contributed by atoms with E-state index in [4.69, 9.17) is 5.21 Å². The second-order valence-corrected chi connectivity index (χ2v) is 9.37. The molecule has 0 aromatic rings. The Morgan fingerprint density at radius 1 is 0.800 bits per heavy atom. The number of sulfone groups is 2. The fourth-order valence-electron chi connectivity index (χ4n) is 1.26. The van der Waals surface area contributed by atoms with E-state index >= 15 is 0 Å². The Kier molecular flexibility index (Phi) is 9.27. The van der Waals surface area contributed by atoms with Crippen LogP contribution in [0.4, 0.5) is 0 Å². The van der Waals surface area contributed by atoms with Crippen LogP contribution in [0.5, 0.6) is 0 Å². The molecule has 0 rings (SSSR count). The van der Waals surface area contributed by atoms with Crippen LogP contribution in [-0.2, 0) is 43.5 Å². The van der Waals surface area contributed by atoms with Crippen molar-refractivity contribution >= 4 is 43.5 Å². The molecule has 0 aliphatic heterocycles. The number of ether oxygens (including phenoxy) is 2. The molecule has 0 aromatic heterocycles. The van der Waals surface area contributed by atoms with Crippen molar-refractivity contribution in [2.45, 2.75) is 26.7 Å². The van der Waals surface area contributed by atoms with Gasteiger partial charge >= 0.3 is 17.9 Å². The Morgan fingerprint density at radius 3 is 1.64 bits per heavy atom. The quantitative estimate of drug-likeness (QED) is 0.127. The minimum Gasteiger partial charge on any atom is -0.408 e. The zero-order valence-corrected chi connectivity index (χ0v) is 15.3. The molecule has 144 valence electrons. The fraction of sp³-hybridized carbons (Fsp3) is 0.667. The molecular weight excluding hydrogens is 382 g/mol. The van der Waals surface area contributed by atoms with Crippen molar-refractivity contribution in [1.82, 2.24) is 0 Å². The highest BCUT2D eigenvalue weighted by Crippen LogP contribution is 2.02. The van der Waals surface area contributed by atoms with Gasteiger partial charge in [0, 0.05) is 17.9 Å². The standard InChI is InChI=1S/C12H19NO10S2/c1-3-24(18,19)7-11(15)22-9(13-17)5-6-10(14)23-12(16)8-25(20,21)4-2/h17H,3-8H2,1-2H3/b13-9-. The molecule has 0 heterocycles. The number of rotatable bonds is 9. The van der Waals surface area contributed by atoms with Gasteiger partial charge in [0.2, 0.25) is 5.90 Å². The lowest BCUT2D eigenvalue weighted by Gasteiger charge is -2.06. The van der Waals surface area contributed by atoms with E-state index < -0.39 is 67.8 Å². The number of oxime groups is 1. The lowest BCUT2D eigenvalue weighted by Crippen LogP contribution is -2.24. The third-order valence-corrected chi connectivity index (χ3v) is 5.78. The van der Waals surface area contributed by atoms with Gasteiger partial charge in [-0.2, -0.15) is 0 Å². The molecule has 0 aliphatic rings. The lowest BCUT2D eigenvalue weighted by molar-refractivity contribution is -0.157. The van der Waals surface area contributed by atoms with E-state index in [2.05, 4.69) is 14.6 Å². The molecule has 0 atom stereocenters. The fourth-order valence-corrected chi connectivity index (χ4v) is 2.51. The molecule has 11 nitrogen and oxygen atoms in total. The van der Waals surface area contributed by atoms with Gasteiger partial charge in [0.15, 0.2) is 19.7 Å². The van der Waals surface area contributed by atoms with E-state index in [0.29, 0.717) is 0 Å². The summed E-state index contributed by atoms with van der Waals surface area (Å²) in [7, 11) is -7.30. The molecule has 13 heteroatoms. The SMILES string of the molecule is CCS(=O)(=O)CC(=O)OC(=O)CC/C(=N/O)OC(=O)CS(=O)(=O)CC. The van der Waals surface area contributed by atoms with Crippen LogP contribution < -0.4 is 0 Å². The number of hydrogen-bond donors (Lipinski definition) is 1. The third-order valence-electron chi connectivity index (χ3n) is 2.67. The van der Waals surface area contributed by atoms with Crippen molar-refractivity contribution in [2.75, 3.05) is 23.0 Å². The minimum atomic E-state index is -3.65.